The number of anilines is 4. The first-order chi connectivity index (χ1) is 15.4. The number of hydrogen-bond donors (Lipinski definition) is 5. The number of aromatic nitrogens is 3. The summed E-state index contributed by atoms with van der Waals surface area (Å²) in [6, 6.07) is 8.68. The van der Waals surface area contributed by atoms with Crippen LogP contribution in [0, 0.1) is 26.6 Å². The molecule has 0 unspecified atom stereocenters. The summed E-state index contributed by atoms with van der Waals surface area (Å²) in [5, 5.41) is 6.32. The summed E-state index contributed by atoms with van der Waals surface area (Å²) >= 11 is 0. The first-order valence-electron chi connectivity index (χ1n) is 9.36. The maximum atomic E-state index is 13.8. The van der Waals surface area contributed by atoms with Crippen LogP contribution in [0.25, 0.3) is 11.1 Å². The number of nitrogens with one attached hydrogen (secondary N) is 3. The van der Waals surface area contributed by atoms with E-state index in [1.807, 2.05) is 6.92 Å². The summed E-state index contributed by atoms with van der Waals surface area (Å²) in [4.78, 5) is 22.7. The van der Waals surface area contributed by atoms with Crippen molar-refractivity contribution in [3.05, 3.63) is 69.6 Å². The molecule has 0 fully saturated rings. The Morgan fingerprint density at radius 2 is 1.64 bits per heavy atom. The van der Waals surface area contributed by atoms with Crippen LogP contribution in [0.4, 0.5) is 27.5 Å². The summed E-state index contributed by atoms with van der Waals surface area (Å²) in [6.07, 6.45) is 1.69. The maximum Gasteiger partial charge on any atom is 0.417 e. The smallest absolute Gasteiger partial charge is 0.408 e. The molecule has 11 nitrogen and oxygen atoms in total. The Hall–Kier alpha value is -3.81. The Bertz CT molecular complexity index is 1450. The molecule has 4 aromatic rings. The van der Waals surface area contributed by atoms with Crippen molar-refractivity contribution >= 4 is 44.6 Å². The largest absolute Gasteiger partial charge is 0.417 e. The molecule has 2 heterocycles. The predicted octanol–water partition coefficient (Wildman–Crippen LogP) is 3.81. The average molecular weight is 477 g/mol. The Balaban J connectivity index is 0.000000555. The monoisotopic (exact) mass is 477 g/mol. The maximum absolute atomic E-state index is 13.8. The van der Waals surface area contributed by atoms with Gasteiger partial charge in [0, 0.05) is 23.1 Å². The van der Waals surface area contributed by atoms with E-state index in [0.717, 1.165) is 11.3 Å². The molecule has 13 heteroatoms. The van der Waals surface area contributed by atoms with Crippen LogP contribution in [0.15, 0.2) is 45.7 Å². The summed E-state index contributed by atoms with van der Waals surface area (Å²) in [6.45, 7) is 5.32. The fourth-order valence-corrected chi connectivity index (χ4v) is 2.94. The first kappa shape index (κ1) is 23.8. The molecule has 0 bridgehead atoms. The first-order valence-corrected chi connectivity index (χ1v) is 10.8. The van der Waals surface area contributed by atoms with Gasteiger partial charge in [0.25, 0.3) is 0 Å². The van der Waals surface area contributed by atoms with Crippen molar-refractivity contribution in [2.75, 3.05) is 10.6 Å². The van der Waals surface area contributed by atoms with Crippen molar-refractivity contribution in [1.82, 2.24) is 15.0 Å². The lowest BCUT2D eigenvalue weighted by Gasteiger charge is -2.12. The van der Waals surface area contributed by atoms with Gasteiger partial charge < -0.3 is 15.1 Å². The van der Waals surface area contributed by atoms with Crippen LogP contribution >= 0.6 is 0 Å². The number of benzene rings is 2. The highest BCUT2D eigenvalue weighted by atomic mass is 32.3. The number of rotatable bonds is 4. The van der Waals surface area contributed by atoms with E-state index in [-0.39, 0.29) is 5.82 Å². The van der Waals surface area contributed by atoms with Crippen LogP contribution in [0.5, 0.6) is 0 Å². The highest BCUT2D eigenvalue weighted by Gasteiger charge is 2.09. The fraction of sp³-hybridized carbons (Fsp3) is 0.150. The topological polar surface area (TPSA) is 170 Å². The molecule has 174 valence electrons. The molecule has 0 amide bonds. The van der Waals surface area contributed by atoms with Crippen LogP contribution in [0.1, 0.15) is 16.7 Å². The molecule has 0 aliphatic rings. The van der Waals surface area contributed by atoms with E-state index in [2.05, 4.69) is 25.6 Å². The Labute approximate surface area is 187 Å². The third-order valence-electron chi connectivity index (χ3n) is 4.35. The normalized spacial score (nSPS) is 11.1. The van der Waals surface area contributed by atoms with Gasteiger partial charge in [-0.2, -0.15) is 13.4 Å². The summed E-state index contributed by atoms with van der Waals surface area (Å²) < 4.78 is 50.4. The van der Waals surface area contributed by atoms with Gasteiger partial charge in [-0.25, -0.2) is 14.2 Å². The van der Waals surface area contributed by atoms with Crippen molar-refractivity contribution in [3.63, 3.8) is 0 Å². The van der Waals surface area contributed by atoms with Gasteiger partial charge in [0.15, 0.2) is 5.58 Å². The minimum atomic E-state index is -4.67. The second-order valence-electron chi connectivity index (χ2n) is 7.07. The quantitative estimate of drug-likeness (QED) is 0.272. The molecular formula is C20H20FN5O6S. The number of hydrogen-bond acceptors (Lipinski definition) is 8. The van der Waals surface area contributed by atoms with E-state index >= 15 is 0 Å². The van der Waals surface area contributed by atoms with Gasteiger partial charge in [-0.3, -0.25) is 14.1 Å². The molecule has 2 aromatic carbocycles. The summed E-state index contributed by atoms with van der Waals surface area (Å²) in [7, 11) is -4.67. The van der Waals surface area contributed by atoms with E-state index in [0.29, 0.717) is 39.7 Å². The van der Waals surface area contributed by atoms with E-state index < -0.39 is 16.2 Å². The van der Waals surface area contributed by atoms with Crippen molar-refractivity contribution < 1.29 is 26.3 Å². The van der Waals surface area contributed by atoms with Crippen LogP contribution in [0.2, 0.25) is 0 Å². The lowest BCUT2D eigenvalue weighted by Crippen LogP contribution is -2.03. The van der Waals surface area contributed by atoms with Crippen LogP contribution < -0.4 is 16.4 Å². The van der Waals surface area contributed by atoms with Gasteiger partial charge in [0.1, 0.15) is 11.6 Å². The number of aryl methyl sites for hydroxylation is 3. The molecule has 0 spiro atoms. The number of nitrogens with zero attached hydrogens (tertiary/aromatic N) is 2. The highest BCUT2D eigenvalue weighted by Crippen LogP contribution is 2.24. The Kier molecular flexibility index (Phi) is 6.76. The van der Waals surface area contributed by atoms with Crippen LogP contribution in [-0.4, -0.2) is 32.5 Å². The number of fused-ring (bicyclic) bond motifs is 1. The molecule has 0 atom stereocenters. The number of halogens is 1. The van der Waals surface area contributed by atoms with Crippen LogP contribution in [0.3, 0.4) is 0 Å². The molecule has 0 aliphatic carbocycles. The molecule has 2 aromatic heterocycles. The van der Waals surface area contributed by atoms with Gasteiger partial charge in [-0.15, -0.1) is 0 Å². The van der Waals surface area contributed by atoms with Crippen molar-refractivity contribution in [1.29, 1.82) is 0 Å². The van der Waals surface area contributed by atoms with Gasteiger partial charge in [0.05, 0.1) is 5.52 Å². The predicted molar refractivity (Wildman–Crippen MR) is 120 cm³/mol. The number of H-pyrrole nitrogens is 1. The lowest BCUT2D eigenvalue weighted by molar-refractivity contribution is 0.381. The SMILES string of the molecule is Cc1cnc(Nc2cc(C)c(F)c(C)c2)nc1Nc1ccc2oc(=O)[nH]c2c1.O=S(=O)(O)O. The minimum Gasteiger partial charge on any atom is -0.408 e. The van der Waals surface area contributed by atoms with E-state index in [1.165, 1.54) is 0 Å². The van der Waals surface area contributed by atoms with Gasteiger partial charge in [-0.1, -0.05) is 0 Å². The average Bonchev–Trinajstić information content (AvgIpc) is 3.06. The molecule has 33 heavy (non-hydrogen) atoms. The molecule has 0 saturated heterocycles. The number of oxazole rings is 1. The zero-order chi connectivity index (χ0) is 24.3. The van der Waals surface area contributed by atoms with Gasteiger partial charge >= 0.3 is 16.2 Å². The Morgan fingerprint density at radius 3 is 2.27 bits per heavy atom. The molecule has 0 saturated carbocycles. The van der Waals surface area contributed by atoms with E-state index in [9.17, 15) is 9.18 Å². The third kappa shape index (κ3) is 6.58. The summed E-state index contributed by atoms with van der Waals surface area (Å²) in [5.41, 5.74) is 4.48. The van der Waals surface area contributed by atoms with Crippen molar-refractivity contribution in [2.24, 2.45) is 0 Å². The molecule has 0 aliphatic heterocycles. The Morgan fingerprint density at radius 1 is 1.00 bits per heavy atom. The molecule has 0 radical (unpaired) electrons. The van der Waals surface area contributed by atoms with Crippen LogP contribution in [-0.2, 0) is 10.4 Å². The molecule has 4 rings (SSSR count). The second-order valence-corrected chi connectivity index (χ2v) is 7.97. The van der Waals surface area contributed by atoms with Gasteiger partial charge in [-0.05, 0) is 62.2 Å². The lowest BCUT2D eigenvalue weighted by atomic mass is 10.1. The fourth-order valence-electron chi connectivity index (χ4n) is 2.94. The summed E-state index contributed by atoms with van der Waals surface area (Å²) in [5.74, 6) is 0.279. The molecule has 5 N–H and O–H groups in total. The zero-order valence-electron chi connectivity index (χ0n) is 17.7. The second kappa shape index (κ2) is 9.36. The van der Waals surface area contributed by atoms with Crippen molar-refractivity contribution in [2.45, 2.75) is 20.8 Å². The van der Waals surface area contributed by atoms with Crippen molar-refractivity contribution in [3.8, 4) is 0 Å². The van der Waals surface area contributed by atoms with Gasteiger partial charge in [0.2, 0.25) is 5.95 Å². The zero-order valence-corrected chi connectivity index (χ0v) is 18.5. The number of aromatic amines is 1. The third-order valence-corrected chi connectivity index (χ3v) is 4.35. The standard InChI is InChI=1S/C20H18FN5O2.H2O4S/c1-10-6-14(7-11(2)17(10)21)24-19-22-9-12(3)18(26-19)23-13-4-5-16-15(8-13)25-20(27)28-16;1-5(2,3)4/h4-9H,1-3H3,(H,25,27)(H2,22,23,24,26);(H2,1,2,3,4). The highest BCUT2D eigenvalue weighted by molar-refractivity contribution is 7.79. The molecular weight excluding hydrogens is 457 g/mol. The van der Waals surface area contributed by atoms with E-state index in [1.54, 1.807) is 50.4 Å². The van der Waals surface area contributed by atoms with E-state index in [4.69, 9.17) is 21.9 Å². The minimum absolute atomic E-state index is 0.217.